The van der Waals surface area contributed by atoms with Crippen LogP contribution in [-0.4, -0.2) is 50.5 Å². The van der Waals surface area contributed by atoms with E-state index >= 15 is 0 Å². The van der Waals surface area contributed by atoms with Gasteiger partial charge in [-0.05, 0) is 43.2 Å². The average Bonchev–Trinajstić information content (AvgIpc) is 2.73. The van der Waals surface area contributed by atoms with E-state index in [9.17, 15) is 18.0 Å². The fraction of sp³-hybridized carbons (Fsp3) is 0.364. The molecule has 1 atom stereocenters. The van der Waals surface area contributed by atoms with Crippen molar-refractivity contribution in [2.75, 3.05) is 23.7 Å². The van der Waals surface area contributed by atoms with Crippen molar-refractivity contribution in [2.24, 2.45) is 0 Å². The standard InChI is InChI=1S/C22H27Cl2N3O4S/c1-4-12-25-22(29)16(2)26(14-17-8-5-6-11-20(17)24)21(28)15-27(32(3,30)31)19-10-7-9-18(23)13-19/h5-11,13,16H,4,12,14-15H2,1-3H3,(H,25,29)/t16-/m0/s1. The number of halogens is 2. The monoisotopic (exact) mass is 499 g/mol. The van der Waals surface area contributed by atoms with E-state index in [2.05, 4.69) is 5.32 Å². The smallest absolute Gasteiger partial charge is 0.244 e. The van der Waals surface area contributed by atoms with Crippen molar-refractivity contribution < 1.29 is 18.0 Å². The summed E-state index contributed by atoms with van der Waals surface area (Å²) in [7, 11) is -3.80. The maximum atomic E-state index is 13.4. The third kappa shape index (κ3) is 7.12. The summed E-state index contributed by atoms with van der Waals surface area (Å²) in [5.74, 6) is -0.879. The molecular formula is C22H27Cl2N3O4S. The number of sulfonamides is 1. The summed E-state index contributed by atoms with van der Waals surface area (Å²) in [5, 5.41) is 3.56. The number of nitrogens with one attached hydrogen (secondary N) is 1. The molecule has 0 saturated heterocycles. The predicted molar refractivity (Wildman–Crippen MR) is 128 cm³/mol. The summed E-state index contributed by atoms with van der Waals surface area (Å²) in [5.41, 5.74) is 0.903. The van der Waals surface area contributed by atoms with Crippen molar-refractivity contribution in [3.8, 4) is 0 Å². The number of hydrogen-bond donors (Lipinski definition) is 1. The van der Waals surface area contributed by atoms with E-state index in [-0.39, 0.29) is 18.1 Å². The minimum absolute atomic E-state index is 0.0480. The Balaban J connectivity index is 2.38. The van der Waals surface area contributed by atoms with Gasteiger partial charge in [0.05, 0.1) is 11.9 Å². The number of anilines is 1. The first-order valence-corrected chi connectivity index (χ1v) is 12.7. The molecule has 0 heterocycles. The Kier molecular flexibility index (Phi) is 9.36. The zero-order valence-electron chi connectivity index (χ0n) is 18.2. The van der Waals surface area contributed by atoms with Gasteiger partial charge in [0.1, 0.15) is 12.6 Å². The molecule has 10 heteroatoms. The molecule has 0 saturated carbocycles. The van der Waals surface area contributed by atoms with Crippen LogP contribution in [0, 0.1) is 0 Å². The van der Waals surface area contributed by atoms with Gasteiger partial charge in [-0.25, -0.2) is 8.42 Å². The summed E-state index contributed by atoms with van der Waals surface area (Å²) < 4.78 is 25.9. The fourth-order valence-electron chi connectivity index (χ4n) is 3.03. The number of amides is 2. The van der Waals surface area contributed by atoms with Crippen molar-refractivity contribution in [3.63, 3.8) is 0 Å². The lowest BCUT2D eigenvalue weighted by Crippen LogP contribution is -2.51. The Hall–Kier alpha value is -2.29. The van der Waals surface area contributed by atoms with Crippen molar-refractivity contribution >= 4 is 50.7 Å². The molecular weight excluding hydrogens is 473 g/mol. The lowest BCUT2D eigenvalue weighted by atomic mass is 10.1. The number of carbonyl (C=O) groups is 2. The van der Waals surface area contributed by atoms with E-state index in [0.717, 1.165) is 17.0 Å². The van der Waals surface area contributed by atoms with Crippen molar-refractivity contribution in [1.29, 1.82) is 0 Å². The highest BCUT2D eigenvalue weighted by molar-refractivity contribution is 7.92. The molecule has 0 aliphatic carbocycles. The zero-order chi connectivity index (χ0) is 23.9. The molecule has 0 unspecified atom stereocenters. The second-order valence-corrected chi connectivity index (χ2v) is 10.1. The number of nitrogens with zero attached hydrogens (tertiary/aromatic N) is 2. The number of carbonyl (C=O) groups excluding carboxylic acids is 2. The van der Waals surface area contributed by atoms with Gasteiger partial charge in [0.2, 0.25) is 21.8 Å². The van der Waals surface area contributed by atoms with Gasteiger partial charge in [0, 0.05) is 23.1 Å². The lowest BCUT2D eigenvalue weighted by molar-refractivity contribution is -0.139. The topological polar surface area (TPSA) is 86.8 Å². The minimum Gasteiger partial charge on any atom is -0.354 e. The molecule has 2 aromatic carbocycles. The highest BCUT2D eigenvalue weighted by atomic mass is 35.5. The highest BCUT2D eigenvalue weighted by Gasteiger charge is 2.30. The van der Waals surface area contributed by atoms with Crippen molar-refractivity contribution in [2.45, 2.75) is 32.9 Å². The highest BCUT2D eigenvalue weighted by Crippen LogP contribution is 2.23. The first-order valence-electron chi connectivity index (χ1n) is 10.1. The maximum absolute atomic E-state index is 13.4. The second-order valence-electron chi connectivity index (χ2n) is 7.33. The van der Waals surface area contributed by atoms with E-state index in [4.69, 9.17) is 23.2 Å². The van der Waals surface area contributed by atoms with Crippen LogP contribution in [0.4, 0.5) is 5.69 Å². The average molecular weight is 500 g/mol. The van der Waals surface area contributed by atoms with Gasteiger partial charge >= 0.3 is 0 Å². The molecule has 0 aliphatic rings. The van der Waals surface area contributed by atoms with Crippen molar-refractivity contribution in [1.82, 2.24) is 10.2 Å². The van der Waals surface area contributed by atoms with Crippen LogP contribution in [0.1, 0.15) is 25.8 Å². The molecule has 0 aliphatic heterocycles. The summed E-state index contributed by atoms with van der Waals surface area (Å²) in [6.07, 6.45) is 1.75. The Bertz CT molecular complexity index is 1060. The quantitative estimate of drug-likeness (QED) is 0.539. The summed E-state index contributed by atoms with van der Waals surface area (Å²) in [4.78, 5) is 27.3. The minimum atomic E-state index is -3.80. The first-order chi connectivity index (χ1) is 15.0. The molecule has 2 rings (SSSR count). The second kappa shape index (κ2) is 11.5. The lowest BCUT2D eigenvalue weighted by Gasteiger charge is -2.31. The van der Waals surface area contributed by atoms with Crippen LogP contribution in [0.3, 0.4) is 0 Å². The third-order valence-electron chi connectivity index (χ3n) is 4.79. The fourth-order valence-corrected chi connectivity index (χ4v) is 4.26. The molecule has 7 nitrogen and oxygen atoms in total. The van der Waals surface area contributed by atoms with Gasteiger partial charge in [-0.3, -0.25) is 13.9 Å². The molecule has 0 fully saturated rings. The van der Waals surface area contributed by atoms with E-state index in [1.807, 2.05) is 6.92 Å². The van der Waals surface area contributed by atoms with Crippen molar-refractivity contribution in [3.05, 3.63) is 64.1 Å². The largest absolute Gasteiger partial charge is 0.354 e. The molecule has 0 aromatic heterocycles. The number of hydrogen-bond acceptors (Lipinski definition) is 4. The van der Waals surface area contributed by atoms with Crippen LogP contribution in [0.25, 0.3) is 0 Å². The van der Waals surface area contributed by atoms with Crippen LogP contribution in [0.15, 0.2) is 48.5 Å². The van der Waals surface area contributed by atoms with E-state index < -0.39 is 28.5 Å². The van der Waals surface area contributed by atoms with Crippen LogP contribution in [0.5, 0.6) is 0 Å². The Labute approximate surface area is 199 Å². The summed E-state index contributed by atoms with van der Waals surface area (Å²) in [6, 6.07) is 12.4. The first kappa shape index (κ1) is 26.0. The van der Waals surface area contributed by atoms with E-state index in [0.29, 0.717) is 22.2 Å². The molecule has 0 bridgehead atoms. The number of benzene rings is 2. The molecule has 2 aromatic rings. The van der Waals surface area contributed by atoms with Crippen LogP contribution >= 0.6 is 23.2 Å². The third-order valence-corrected chi connectivity index (χ3v) is 6.53. The Morgan fingerprint density at radius 3 is 2.38 bits per heavy atom. The zero-order valence-corrected chi connectivity index (χ0v) is 20.5. The predicted octanol–water partition coefficient (Wildman–Crippen LogP) is 3.70. The summed E-state index contributed by atoms with van der Waals surface area (Å²) >= 11 is 12.3. The SMILES string of the molecule is CCCNC(=O)[C@H](C)N(Cc1ccccc1Cl)C(=O)CN(c1cccc(Cl)c1)S(C)(=O)=O. The normalized spacial score (nSPS) is 12.2. The molecule has 0 radical (unpaired) electrons. The van der Waals surface area contributed by atoms with E-state index in [1.165, 1.54) is 11.0 Å². The molecule has 174 valence electrons. The van der Waals surface area contributed by atoms with Crippen LogP contribution in [0.2, 0.25) is 10.0 Å². The molecule has 1 N–H and O–H groups in total. The Morgan fingerprint density at radius 2 is 1.78 bits per heavy atom. The Morgan fingerprint density at radius 1 is 1.09 bits per heavy atom. The molecule has 32 heavy (non-hydrogen) atoms. The number of rotatable bonds is 10. The van der Waals surface area contributed by atoms with Crippen LogP contribution in [-0.2, 0) is 26.2 Å². The van der Waals surface area contributed by atoms with Gasteiger partial charge < -0.3 is 10.2 Å². The van der Waals surface area contributed by atoms with Gasteiger partial charge in [-0.15, -0.1) is 0 Å². The van der Waals surface area contributed by atoms with Gasteiger partial charge in [0.15, 0.2) is 0 Å². The summed E-state index contributed by atoms with van der Waals surface area (Å²) in [6.45, 7) is 3.55. The van der Waals surface area contributed by atoms with Gasteiger partial charge in [-0.1, -0.05) is 54.4 Å². The maximum Gasteiger partial charge on any atom is 0.244 e. The van der Waals surface area contributed by atoms with E-state index in [1.54, 1.807) is 49.4 Å². The molecule has 0 spiro atoms. The van der Waals surface area contributed by atoms with Gasteiger partial charge in [0.25, 0.3) is 0 Å². The molecule has 2 amide bonds. The van der Waals surface area contributed by atoms with Crippen LogP contribution < -0.4 is 9.62 Å². The van der Waals surface area contributed by atoms with Gasteiger partial charge in [-0.2, -0.15) is 0 Å².